The van der Waals surface area contributed by atoms with Crippen molar-refractivity contribution in [3.8, 4) is 0 Å². The normalized spacial score (nSPS) is 26.8. The molecule has 0 aromatic heterocycles. The molecule has 0 saturated carbocycles. The molecule has 1 aromatic rings. The molecule has 1 amide bonds. The van der Waals surface area contributed by atoms with E-state index in [0.29, 0.717) is 24.4 Å². The highest BCUT2D eigenvalue weighted by Crippen LogP contribution is 2.40. The van der Waals surface area contributed by atoms with Crippen molar-refractivity contribution in [2.45, 2.75) is 77.1 Å². The average Bonchev–Trinajstić information content (AvgIpc) is 2.86. The summed E-state index contributed by atoms with van der Waals surface area (Å²) in [5.41, 5.74) is 1.58. The Morgan fingerprint density at radius 1 is 1.32 bits per heavy atom. The largest absolute Gasteiger partial charge is 0.444 e. The van der Waals surface area contributed by atoms with Crippen molar-refractivity contribution < 1.29 is 24.1 Å². The second-order valence-corrected chi connectivity index (χ2v) is 9.35. The number of carbonyl (C=O) groups excluding carboxylic acids is 1. The molecule has 2 heterocycles. The lowest BCUT2D eigenvalue weighted by atomic mass is 9.88. The lowest BCUT2D eigenvalue weighted by molar-refractivity contribution is -0.150. The first-order valence-electron chi connectivity index (χ1n) is 9.73. The van der Waals surface area contributed by atoms with E-state index in [9.17, 15) is 9.90 Å². The number of benzene rings is 1. The third-order valence-corrected chi connectivity index (χ3v) is 5.25. The molecule has 0 radical (unpaired) electrons. The van der Waals surface area contributed by atoms with E-state index in [0.717, 1.165) is 11.1 Å². The van der Waals surface area contributed by atoms with Gasteiger partial charge in [-0.1, -0.05) is 17.7 Å². The number of aliphatic hydroxyl groups is 1. The highest BCUT2D eigenvalue weighted by Gasteiger charge is 2.44. The SMILES string of the molecule is CC(C)(C)OC(=O)N1CCc2cc(Cl)ccc2C1CC1OC(C)(C)OC1CO. The number of halogens is 1. The summed E-state index contributed by atoms with van der Waals surface area (Å²) in [6.45, 7) is 9.63. The van der Waals surface area contributed by atoms with Gasteiger partial charge in [-0.25, -0.2) is 4.79 Å². The summed E-state index contributed by atoms with van der Waals surface area (Å²) in [6, 6.07) is 5.52. The highest BCUT2D eigenvalue weighted by atomic mass is 35.5. The fourth-order valence-electron chi connectivity index (χ4n) is 3.96. The summed E-state index contributed by atoms with van der Waals surface area (Å²) in [5, 5.41) is 10.4. The third kappa shape index (κ3) is 4.79. The summed E-state index contributed by atoms with van der Waals surface area (Å²) < 4.78 is 17.5. The molecule has 0 bridgehead atoms. The zero-order valence-corrected chi connectivity index (χ0v) is 18.0. The number of amides is 1. The lowest BCUT2D eigenvalue weighted by Gasteiger charge is -2.39. The smallest absolute Gasteiger partial charge is 0.410 e. The van der Waals surface area contributed by atoms with Crippen LogP contribution < -0.4 is 0 Å². The Labute approximate surface area is 171 Å². The van der Waals surface area contributed by atoms with Crippen LogP contribution in [0.5, 0.6) is 0 Å². The Bertz CT molecular complexity index is 730. The quantitative estimate of drug-likeness (QED) is 0.811. The van der Waals surface area contributed by atoms with Gasteiger partial charge in [-0.3, -0.25) is 0 Å². The third-order valence-electron chi connectivity index (χ3n) is 5.01. The van der Waals surface area contributed by atoms with E-state index in [-0.39, 0.29) is 24.8 Å². The van der Waals surface area contributed by atoms with Crippen molar-refractivity contribution in [3.05, 3.63) is 34.3 Å². The van der Waals surface area contributed by atoms with Crippen LogP contribution in [0.15, 0.2) is 18.2 Å². The fourth-order valence-corrected chi connectivity index (χ4v) is 4.15. The molecule has 156 valence electrons. The van der Waals surface area contributed by atoms with Gasteiger partial charge in [0.1, 0.15) is 11.7 Å². The maximum atomic E-state index is 12.9. The van der Waals surface area contributed by atoms with Crippen LogP contribution in [0.1, 0.15) is 58.2 Å². The van der Waals surface area contributed by atoms with Crippen molar-refractivity contribution >= 4 is 17.7 Å². The van der Waals surface area contributed by atoms with Gasteiger partial charge < -0.3 is 24.2 Å². The van der Waals surface area contributed by atoms with Gasteiger partial charge in [0.25, 0.3) is 0 Å². The van der Waals surface area contributed by atoms with E-state index >= 15 is 0 Å². The van der Waals surface area contributed by atoms with Gasteiger partial charge in [-0.15, -0.1) is 0 Å². The number of ether oxygens (including phenoxy) is 3. The number of hydrogen-bond acceptors (Lipinski definition) is 5. The monoisotopic (exact) mass is 411 g/mol. The first-order valence-corrected chi connectivity index (χ1v) is 10.1. The Kier molecular flexibility index (Phi) is 5.97. The van der Waals surface area contributed by atoms with Crippen LogP contribution in [0.2, 0.25) is 5.02 Å². The molecule has 2 aliphatic rings. The number of hydrogen-bond donors (Lipinski definition) is 1. The summed E-state index contributed by atoms with van der Waals surface area (Å²) in [6.07, 6.45) is 0.0898. The number of carbonyl (C=O) groups is 1. The van der Waals surface area contributed by atoms with Crippen LogP contribution >= 0.6 is 11.6 Å². The number of rotatable bonds is 3. The van der Waals surface area contributed by atoms with Crippen molar-refractivity contribution in [3.63, 3.8) is 0 Å². The minimum atomic E-state index is -0.772. The van der Waals surface area contributed by atoms with Gasteiger partial charge in [0.2, 0.25) is 0 Å². The standard InChI is InChI=1S/C21H30ClNO5/c1-20(2,3)28-19(25)23-9-8-13-10-14(22)6-7-15(13)16(23)11-17-18(12-24)27-21(4,5)26-17/h6-7,10,16-18,24H,8-9,11-12H2,1-5H3. The van der Waals surface area contributed by atoms with Crippen LogP contribution in [-0.4, -0.2) is 52.8 Å². The van der Waals surface area contributed by atoms with Crippen LogP contribution in [0.4, 0.5) is 4.79 Å². The summed E-state index contributed by atoms with van der Waals surface area (Å²) in [4.78, 5) is 14.7. The van der Waals surface area contributed by atoms with Crippen molar-refractivity contribution in [2.75, 3.05) is 13.2 Å². The van der Waals surface area contributed by atoms with Crippen molar-refractivity contribution in [1.82, 2.24) is 4.90 Å². The molecule has 0 aliphatic carbocycles. The Hall–Kier alpha value is -1.34. The topological polar surface area (TPSA) is 68.2 Å². The summed E-state index contributed by atoms with van der Waals surface area (Å²) in [7, 11) is 0. The molecule has 1 aromatic carbocycles. The maximum absolute atomic E-state index is 12.9. The van der Waals surface area contributed by atoms with E-state index in [4.69, 9.17) is 25.8 Å². The van der Waals surface area contributed by atoms with Gasteiger partial charge in [-0.05, 0) is 64.3 Å². The fraction of sp³-hybridized carbons (Fsp3) is 0.667. The molecule has 7 heteroatoms. The number of fused-ring (bicyclic) bond motifs is 1. The summed E-state index contributed by atoms with van der Waals surface area (Å²) >= 11 is 6.18. The van der Waals surface area contributed by atoms with Gasteiger partial charge in [0.05, 0.1) is 18.8 Å². The minimum Gasteiger partial charge on any atom is -0.444 e. The van der Waals surface area contributed by atoms with E-state index in [2.05, 4.69) is 0 Å². The van der Waals surface area contributed by atoms with Gasteiger partial charge in [0, 0.05) is 18.0 Å². The zero-order chi connectivity index (χ0) is 20.7. The zero-order valence-electron chi connectivity index (χ0n) is 17.2. The Morgan fingerprint density at radius 3 is 2.64 bits per heavy atom. The molecule has 2 aliphatic heterocycles. The Morgan fingerprint density at radius 2 is 2.00 bits per heavy atom. The molecule has 6 nitrogen and oxygen atoms in total. The van der Waals surface area contributed by atoms with E-state index in [1.165, 1.54) is 0 Å². The van der Waals surface area contributed by atoms with Gasteiger partial charge >= 0.3 is 6.09 Å². The van der Waals surface area contributed by atoms with Crippen LogP contribution in [0.25, 0.3) is 0 Å². The lowest BCUT2D eigenvalue weighted by Crippen LogP contribution is -2.45. The number of aliphatic hydroxyl groups excluding tert-OH is 1. The minimum absolute atomic E-state index is 0.138. The molecule has 3 unspecified atom stereocenters. The van der Waals surface area contributed by atoms with E-state index in [1.54, 1.807) is 4.90 Å². The molecule has 1 fully saturated rings. The van der Waals surface area contributed by atoms with Gasteiger partial charge in [0.15, 0.2) is 5.79 Å². The first-order chi connectivity index (χ1) is 13.0. The molecular weight excluding hydrogens is 382 g/mol. The molecule has 28 heavy (non-hydrogen) atoms. The second-order valence-electron chi connectivity index (χ2n) is 8.91. The predicted octanol–water partition coefficient (Wildman–Crippen LogP) is 4.08. The van der Waals surface area contributed by atoms with Gasteiger partial charge in [-0.2, -0.15) is 0 Å². The summed E-state index contributed by atoms with van der Waals surface area (Å²) in [5.74, 6) is -0.772. The highest BCUT2D eigenvalue weighted by molar-refractivity contribution is 6.30. The van der Waals surface area contributed by atoms with Crippen LogP contribution in [0.3, 0.4) is 0 Å². The molecule has 3 rings (SSSR count). The van der Waals surface area contributed by atoms with Crippen LogP contribution in [-0.2, 0) is 20.6 Å². The molecule has 1 N–H and O–H groups in total. The van der Waals surface area contributed by atoms with Crippen molar-refractivity contribution in [2.24, 2.45) is 0 Å². The predicted molar refractivity (Wildman–Crippen MR) is 106 cm³/mol. The molecular formula is C21H30ClNO5. The Balaban J connectivity index is 1.91. The van der Waals surface area contributed by atoms with E-state index < -0.39 is 17.5 Å². The molecule has 0 spiro atoms. The van der Waals surface area contributed by atoms with Crippen molar-refractivity contribution in [1.29, 1.82) is 0 Å². The molecule has 3 atom stereocenters. The maximum Gasteiger partial charge on any atom is 0.410 e. The number of nitrogens with zero attached hydrogens (tertiary/aromatic N) is 1. The average molecular weight is 412 g/mol. The molecule has 1 saturated heterocycles. The van der Waals surface area contributed by atoms with E-state index in [1.807, 2.05) is 52.8 Å². The first kappa shape index (κ1) is 21.4. The van der Waals surface area contributed by atoms with Crippen LogP contribution in [0, 0.1) is 0 Å². The second kappa shape index (κ2) is 7.82.